The van der Waals surface area contributed by atoms with Gasteiger partial charge in [-0.15, -0.1) is 0 Å². The zero-order valence-corrected chi connectivity index (χ0v) is 13.9. The summed E-state index contributed by atoms with van der Waals surface area (Å²) in [5.74, 6) is 2.22. The van der Waals surface area contributed by atoms with Crippen LogP contribution >= 0.6 is 11.6 Å². The third kappa shape index (κ3) is 2.56. The lowest BCUT2D eigenvalue weighted by molar-refractivity contribution is -0.140. The molecule has 0 aromatic heterocycles. The minimum Gasteiger partial charge on any atom is -0.333 e. The summed E-state index contributed by atoms with van der Waals surface area (Å²) in [5, 5.41) is 0.758. The molecule has 3 fully saturated rings. The van der Waals surface area contributed by atoms with Crippen LogP contribution in [-0.4, -0.2) is 16.8 Å². The number of amides is 1. The van der Waals surface area contributed by atoms with E-state index in [2.05, 4.69) is 24.0 Å². The number of hydrogen-bond donors (Lipinski definition) is 0. The average Bonchev–Trinajstić information content (AvgIpc) is 3.11. The molecular formula is C19H24ClNO. The fourth-order valence-electron chi connectivity index (χ4n) is 4.68. The molecule has 3 saturated carbocycles. The number of rotatable bonds is 4. The molecule has 3 heteroatoms. The van der Waals surface area contributed by atoms with Gasteiger partial charge in [0.1, 0.15) is 0 Å². The number of halogens is 1. The van der Waals surface area contributed by atoms with Crippen LogP contribution in [0.15, 0.2) is 24.3 Å². The van der Waals surface area contributed by atoms with Crippen LogP contribution in [0.2, 0.25) is 5.02 Å². The van der Waals surface area contributed by atoms with Crippen LogP contribution in [0.25, 0.3) is 0 Å². The van der Waals surface area contributed by atoms with Gasteiger partial charge in [-0.1, -0.05) is 30.2 Å². The van der Waals surface area contributed by atoms with E-state index in [-0.39, 0.29) is 6.04 Å². The lowest BCUT2D eigenvalue weighted by atomic mass is 9.87. The molecule has 3 aliphatic carbocycles. The van der Waals surface area contributed by atoms with Crippen molar-refractivity contribution in [2.75, 3.05) is 0 Å². The normalized spacial score (nSPS) is 31.3. The van der Waals surface area contributed by atoms with Gasteiger partial charge in [0, 0.05) is 17.0 Å². The van der Waals surface area contributed by atoms with Crippen molar-refractivity contribution in [1.29, 1.82) is 0 Å². The molecule has 1 amide bonds. The average molecular weight is 318 g/mol. The Morgan fingerprint density at radius 3 is 2.41 bits per heavy atom. The van der Waals surface area contributed by atoms with Crippen molar-refractivity contribution in [2.24, 2.45) is 17.8 Å². The molecule has 0 spiro atoms. The lowest BCUT2D eigenvalue weighted by Gasteiger charge is -2.34. The Hall–Kier alpha value is -1.02. The summed E-state index contributed by atoms with van der Waals surface area (Å²) in [6, 6.07) is 8.63. The van der Waals surface area contributed by atoms with Gasteiger partial charge >= 0.3 is 0 Å². The van der Waals surface area contributed by atoms with Crippen LogP contribution in [0.5, 0.6) is 0 Å². The topological polar surface area (TPSA) is 20.3 Å². The van der Waals surface area contributed by atoms with Crippen LogP contribution in [0.1, 0.15) is 57.1 Å². The van der Waals surface area contributed by atoms with Crippen molar-refractivity contribution in [3.05, 3.63) is 34.9 Å². The maximum absolute atomic E-state index is 13.2. The molecule has 4 rings (SSSR count). The van der Waals surface area contributed by atoms with Crippen molar-refractivity contribution >= 4 is 17.5 Å². The largest absolute Gasteiger partial charge is 0.333 e. The highest BCUT2D eigenvalue weighted by atomic mass is 35.5. The van der Waals surface area contributed by atoms with Gasteiger partial charge in [-0.2, -0.15) is 0 Å². The SMILES string of the molecule is CC(c1ccc(Cl)cc1)N(C(=O)C1CC2CCC1C2)C1CC1. The summed E-state index contributed by atoms with van der Waals surface area (Å²) in [7, 11) is 0. The summed E-state index contributed by atoms with van der Waals surface area (Å²) < 4.78 is 0. The first-order valence-electron chi connectivity index (χ1n) is 8.71. The Bertz CT molecular complexity index is 565. The molecular weight excluding hydrogens is 294 g/mol. The van der Waals surface area contributed by atoms with Gasteiger partial charge in [-0.05, 0) is 68.6 Å². The molecule has 4 atom stereocenters. The third-order valence-corrected chi connectivity index (χ3v) is 6.27. The van der Waals surface area contributed by atoms with E-state index < -0.39 is 0 Å². The van der Waals surface area contributed by atoms with Gasteiger partial charge in [0.05, 0.1) is 6.04 Å². The summed E-state index contributed by atoms with van der Waals surface area (Å²) in [4.78, 5) is 15.4. The Balaban J connectivity index is 1.55. The molecule has 3 aliphatic rings. The van der Waals surface area contributed by atoms with Crippen LogP contribution < -0.4 is 0 Å². The van der Waals surface area contributed by atoms with E-state index in [0.29, 0.717) is 23.8 Å². The Morgan fingerprint density at radius 2 is 1.86 bits per heavy atom. The molecule has 0 radical (unpaired) electrons. The molecule has 2 nitrogen and oxygen atoms in total. The summed E-state index contributed by atoms with van der Waals surface area (Å²) in [5.41, 5.74) is 1.20. The first-order chi connectivity index (χ1) is 10.6. The van der Waals surface area contributed by atoms with E-state index in [4.69, 9.17) is 11.6 Å². The van der Waals surface area contributed by atoms with Crippen LogP contribution in [0.3, 0.4) is 0 Å². The van der Waals surface area contributed by atoms with Gasteiger partial charge < -0.3 is 4.90 Å². The second kappa shape index (κ2) is 5.56. The van der Waals surface area contributed by atoms with Gasteiger partial charge in [0.2, 0.25) is 5.91 Å². The first kappa shape index (κ1) is 14.6. The number of hydrogen-bond acceptors (Lipinski definition) is 1. The molecule has 0 aliphatic heterocycles. The van der Waals surface area contributed by atoms with Crippen LogP contribution in [-0.2, 0) is 4.79 Å². The van der Waals surface area contributed by atoms with Gasteiger partial charge in [0.15, 0.2) is 0 Å². The van der Waals surface area contributed by atoms with E-state index in [1.54, 1.807) is 0 Å². The molecule has 22 heavy (non-hydrogen) atoms. The number of carbonyl (C=O) groups is 1. The highest BCUT2D eigenvalue weighted by Gasteiger charge is 2.47. The van der Waals surface area contributed by atoms with Crippen LogP contribution in [0, 0.1) is 17.8 Å². The molecule has 0 saturated heterocycles. The summed E-state index contributed by atoms with van der Waals surface area (Å²) in [6.07, 6.45) is 7.40. The number of fused-ring (bicyclic) bond motifs is 2. The monoisotopic (exact) mass is 317 g/mol. The minimum absolute atomic E-state index is 0.163. The predicted octanol–water partition coefficient (Wildman–Crippen LogP) is 4.83. The molecule has 1 aromatic rings. The van der Waals surface area contributed by atoms with Crippen molar-refractivity contribution in [3.63, 3.8) is 0 Å². The van der Waals surface area contributed by atoms with Crippen molar-refractivity contribution in [2.45, 2.75) is 57.5 Å². The van der Waals surface area contributed by atoms with Gasteiger partial charge in [-0.3, -0.25) is 4.79 Å². The van der Waals surface area contributed by atoms with E-state index in [0.717, 1.165) is 17.4 Å². The molecule has 0 heterocycles. The zero-order valence-electron chi connectivity index (χ0n) is 13.2. The fraction of sp³-hybridized carbons (Fsp3) is 0.632. The predicted molar refractivity (Wildman–Crippen MR) is 88.7 cm³/mol. The molecule has 118 valence electrons. The first-order valence-corrected chi connectivity index (χ1v) is 9.09. The van der Waals surface area contributed by atoms with E-state index >= 15 is 0 Å². The standard InChI is InChI=1S/C19H24ClNO/c1-12(14-4-6-16(20)7-5-14)21(17-8-9-17)19(22)18-11-13-2-3-15(18)10-13/h4-7,12-13,15,17-18H,2-3,8-11H2,1H3. The highest BCUT2D eigenvalue weighted by Crippen LogP contribution is 2.50. The van der Waals surface area contributed by atoms with E-state index in [9.17, 15) is 4.79 Å². The summed E-state index contributed by atoms with van der Waals surface area (Å²) in [6.45, 7) is 2.17. The lowest BCUT2D eigenvalue weighted by Crippen LogP contribution is -2.41. The van der Waals surface area contributed by atoms with Crippen molar-refractivity contribution in [1.82, 2.24) is 4.90 Å². The highest BCUT2D eigenvalue weighted by molar-refractivity contribution is 6.30. The maximum atomic E-state index is 13.2. The quantitative estimate of drug-likeness (QED) is 0.779. The van der Waals surface area contributed by atoms with Crippen LogP contribution in [0.4, 0.5) is 0 Å². The van der Waals surface area contributed by atoms with Crippen molar-refractivity contribution in [3.8, 4) is 0 Å². The molecule has 2 bridgehead atoms. The van der Waals surface area contributed by atoms with E-state index in [1.165, 1.54) is 37.7 Å². The third-order valence-electron chi connectivity index (χ3n) is 6.02. The maximum Gasteiger partial charge on any atom is 0.226 e. The minimum atomic E-state index is 0.163. The van der Waals surface area contributed by atoms with Gasteiger partial charge in [-0.25, -0.2) is 0 Å². The zero-order chi connectivity index (χ0) is 15.3. The smallest absolute Gasteiger partial charge is 0.226 e. The van der Waals surface area contributed by atoms with Crippen molar-refractivity contribution < 1.29 is 4.79 Å². The van der Waals surface area contributed by atoms with E-state index in [1.807, 2.05) is 12.1 Å². The number of benzene rings is 1. The second-order valence-electron chi connectivity index (χ2n) is 7.49. The Morgan fingerprint density at radius 1 is 1.14 bits per heavy atom. The number of carbonyl (C=O) groups excluding carboxylic acids is 1. The fourth-order valence-corrected chi connectivity index (χ4v) is 4.81. The molecule has 1 aromatic carbocycles. The molecule has 4 unspecified atom stereocenters. The second-order valence-corrected chi connectivity index (χ2v) is 7.92. The Kier molecular flexibility index (Phi) is 3.68. The Labute approximate surface area is 137 Å². The number of nitrogens with zero attached hydrogens (tertiary/aromatic N) is 1. The van der Waals surface area contributed by atoms with Gasteiger partial charge in [0.25, 0.3) is 0 Å². The molecule has 0 N–H and O–H groups in total. The summed E-state index contributed by atoms with van der Waals surface area (Å²) >= 11 is 6.00.